The molecule has 1 aromatic carbocycles. The summed E-state index contributed by atoms with van der Waals surface area (Å²) < 4.78 is 18.1. The van der Waals surface area contributed by atoms with Gasteiger partial charge in [0.05, 0.1) is 13.5 Å². The maximum Gasteiger partial charge on any atom is 0.307 e. The summed E-state index contributed by atoms with van der Waals surface area (Å²) in [5.41, 5.74) is 0.344. The molecule has 0 atom stereocenters. The number of methoxy groups -OCH3 is 1. The first-order chi connectivity index (χ1) is 7.13. The number of rotatable bonds is 4. The fraction of sp³-hybridized carbons (Fsp3) is 0.182. The first kappa shape index (κ1) is 11.2. The van der Waals surface area contributed by atoms with Crippen molar-refractivity contribution in [2.24, 2.45) is 0 Å². The van der Waals surface area contributed by atoms with Gasteiger partial charge in [0.25, 0.3) is 0 Å². The average molecular weight is 210 g/mol. The minimum Gasteiger partial charge on any atom is -0.497 e. The van der Waals surface area contributed by atoms with Gasteiger partial charge in [-0.15, -0.1) is 0 Å². The molecule has 80 valence electrons. The van der Waals surface area contributed by atoms with Gasteiger partial charge in [-0.3, -0.25) is 4.79 Å². The molecular formula is C11H11FO3. The van der Waals surface area contributed by atoms with E-state index in [0.717, 1.165) is 0 Å². The van der Waals surface area contributed by atoms with Gasteiger partial charge in [-0.05, 0) is 12.1 Å². The van der Waals surface area contributed by atoms with Crippen LogP contribution >= 0.6 is 0 Å². The lowest BCUT2D eigenvalue weighted by molar-refractivity contribution is -0.135. The molecule has 1 N–H and O–H groups in total. The molecule has 0 fully saturated rings. The number of carboxylic acid groups (broad SMARTS) is 1. The Labute approximate surface area is 86.8 Å². The van der Waals surface area contributed by atoms with Gasteiger partial charge < -0.3 is 9.84 Å². The number of hydrogen-bond acceptors (Lipinski definition) is 2. The topological polar surface area (TPSA) is 46.5 Å². The summed E-state index contributed by atoms with van der Waals surface area (Å²) in [4.78, 5) is 10.2. The van der Waals surface area contributed by atoms with E-state index in [4.69, 9.17) is 9.84 Å². The van der Waals surface area contributed by atoms with Crippen molar-refractivity contribution in [2.75, 3.05) is 7.11 Å². The first-order valence-electron chi connectivity index (χ1n) is 4.35. The largest absolute Gasteiger partial charge is 0.497 e. The molecule has 4 heteroatoms. The lowest BCUT2D eigenvalue weighted by Gasteiger charge is -2.01. The van der Waals surface area contributed by atoms with Crippen LogP contribution in [0.2, 0.25) is 0 Å². The average Bonchev–Trinajstić information content (AvgIpc) is 2.20. The van der Waals surface area contributed by atoms with E-state index in [-0.39, 0.29) is 6.42 Å². The molecule has 1 rings (SSSR count). The fourth-order valence-corrected chi connectivity index (χ4v) is 1.06. The number of carboxylic acids is 1. The third-order valence-electron chi connectivity index (χ3n) is 1.80. The molecule has 0 aliphatic heterocycles. The Morgan fingerprint density at radius 2 is 2.33 bits per heavy atom. The van der Waals surface area contributed by atoms with Crippen LogP contribution < -0.4 is 4.74 Å². The van der Waals surface area contributed by atoms with Crippen molar-refractivity contribution in [1.29, 1.82) is 0 Å². The van der Waals surface area contributed by atoms with Gasteiger partial charge in [-0.1, -0.05) is 12.2 Å². The van der Waals surface area contributed by atoms with Gasteiger partial charge in [-0.25, -0.2) is 4.39 Å². The van der Waals surface area contributed by atoms with Crippen LogP contribution in [0.25, 0.3) is 6.08 Å². The summed E-state index contributed by atoms with van der Waals surface area (Å²) >= 11 is 0. The quantitative estimate of drug-likeness (QED) is 0.829. The SMILES string of the molecule is COc1ccc(/C=C/CC(=O)O)c(F)c1. The number of aliphatic carboxylic acids is 1. The van der Waals surface area contributed by atoms with E-state index in [2.05, 4.69) is 0 Å². The highest BCUT2D eigenvalue weighted by Gasteiger charge is 2.00. The molecular weight excluding hydrogens is 199 g/mol. The lowest BCUT2D eigenvalue weighted by Crippen LogP contribution is -1.90. The number of ether oxygens (including phenoxy) is 1. The predicted molar refractivity (Wildman–Crippen MR) is 54.2 cm³/mol. The normalized spacial score (nSPS) is 10.5. The van der Waals surface area contributed by atoms with Gasteiger partial charge in [0, 0.05) is 11.6 Å². The molecule has 15 heavy (non-hydrogen) atoms. The molecule has 0 heterocycles. The summed E-state index contributed by atoms with van der Waals surface area (Å²) in [7, 11) is 1.45. The molecule has 1 aromatic rings. The zero-order valence-corrected chi connectivity index (χ0v) is 8.24. The van der Waals surface area contributed by atoms with Crippen LogP contribution in [-0.2, 0) is 4.79 Å². The highest BCUT2D eigenvalue weighted by molar-refractivity contribution is 5.70. The summed E-state index contributed by atoms with van der Waals surface area (Å²) in [6.45, 7) is 0. The standard InChI is InChI=1S/C11H11FO3/c1-15-9-6-5-8(10(12)7-9)3-2-4-11(13)14/h2-3,5-7H,4H2,1H3,(H,13,14)/b3-2+. The van der Waals surface area contributed by atoms with Crippen molar-refractivity contribution in [3.8, 4) is 5.75 Å². The first-order valence-corrected chi connectivity index (χ1v) is 4.35. The van der Waals surface area contributed by atoms with Crippen LogP contribution in [0.4, 0.5) is 4.39 Å². The van der Waals surface area contributed by atoms with E-state index < -0.39 is 11.8 Å². The van der Waals surface area contributed by atoms with Crippen LogP contribution in [0.5, 0.6) is 5.75 Å². The molecule has 0 amide bonds. The van der Waals surface area contributed by atoms with E-state index in [1.807, 2.05) is 0 Å². The molecule has 0 radical (unpaired) electrons. The van der Waals surface area contributed by atoms with Gasteiger partial charge in [0.1, 0.15) is 11.6 Å². The van der Waals surface area contributed by atoms with Crippen molar-refractivity contribution < 1.29 is 19.0 Å². The summed E-state index contributed by atoms with van der Waals surface area (Å²) in [5.74, 6) is -0.945. The number of halogens is 1. The molecule has 3 nitrogen and oxygen atoms in total. The second-order valence-corrected chi connectivity index (χ2v) is 2.89. The Balaban J connectivity index is 2.78. The van der Waals surface area contributed by atoms with Crippen molar-refractivity contribution in [2.45, 2.75) is 6.42 Å². The van der Waals surface area contributed by atoms with Crippen LogP contribution in [0.15, 0.2) is 24.3 Å². The van der Waals surface area contributed by atoms with E-state index in [9.17, 15) is 9.18 Å². The predicted octanol–water partition coefficient (Wildman–Crippen LogP) is 2.32. The van der Waals surface area contributed by atoms with Crippen molar-refractivity contribution >= 4 is 12.0 Å². The Hall–Kier alpha value is -1.84. The molecule has 0 aliphatic carbocycles. The van der Waals surface area contributed by atoms with Crippen LogP contribution in [0, 0.1) is 5.82 Å². The van der Waals surface area contributed by atoms with Gasteiger partial charge in [-0.2, -0.15) is 0 Å². The lowest BCUT2D eigenvalue weighted by atomic mass is 10.2. The maximum absolute atomic E-state index is 13.3. The second kappa shape index (κ2) is 5.14. The third kappa shape index (κ3) is 3.42. The van der Waals surface area contributed by atoms with E-state index in [1.54, 1.807) is 6.07 Å². The summed E-state index contributed by atoms with van der Waals surface area (Å²) in [6.07, 6.45) is 2.71. The monoisotopic (exact) mass is 210 g/mol. The van der Waals surface area contributed by atoms with E-state index in [0.29, 0.717) is 11.3 Å². The zero-order valence-electron chi connectivity index (χ0n) is 8.24. The highest BCUT2D eigenvalue weighted by Crippen LogP contribution is 2.17. The van der Waals surface area contributed by atoms with E-state index >= 15 is 0 Å². The molecule has 0 spiro atoms. The number of carbonyl (C=O) groups is 1. The minimum atomic E-state index is -0.944. The summed E-state index contributed by atoms with van der Waals surface area (Å²) in [6, 6.07) is 4.40. The molecule has 0 aliphatic rings. The van der Waals surface area contributed by atoms with Crippen molar-refractivity contribution in [3.05, 3.63) is 35.7 Å². The maximum atomic E-state index is 13.3. The van der Waals surface area contributed by atoms with Crippen molar-refractivity contribution in [3.63, 3.8) is 0 Å². The number of hydrogen-bond donors (Lipinski definition) is 1. The van der Waals surface area contributed by atoms with E-state index in [1.165, 1.54) is 31.4 Å². The third-order valence-corrected chi connectivity index (χ3v) is 1.80. The molecule has 0 saturated heterocycles. The van der Waals surface area contributed by atoms with Crippen LogP contribution in [0.3, 0.4) is 0 Å². The van der Waals surface area contributed by atoms with Crippen LogP contribution in [0.1, 0.15) is 12.0 Å². The van der Waals surface area contributed by atoms with Gasteiger partial charge >= 0.3 is 5.97 Å². The number of benzene rings is 1. The van der Waals surface area contributed by atoms with Crippen molar-refractivity contribution in [1.82, 2.24) is 0 Å². The Morgan fingerprint density at radius 3 is 2.87 bits per heavy atom. The van der Waals surface area contributed by atoms with Crippen LogP contribution in [-0.4, -0.2) is 18.2 Å². The second-order valence-electron chi connectivity index (χ2n) is 2.89. The van der Waals surface area contributed by atoms with Gasteiger partial charge in [0.2, 0.25) is 0 Å². The Bertz CT molecular complexity index is 385. The fourth-order valence-electron chi connectivity index (χ4n) is 1.06. The molecule has 0 saturated carbocycles. The molecule has 0 unspecified atom stereocenters. The molecule has 0 aromatic heterocycles. The Kier molecular flexibility index (Phi) is 3.85. The summed E-state index contributed by atoms with van der Waals surface area (Å²) in [5, 5.41) is 8.38. The Morgan fingerprint density at radius 1 is 1.60 bits per heavy atom. The zero-order chi connectivity index (χ0) is 11.3. The van der Waals surface area contributed by atoms with Gasteiger partial charge in [0.15, 0.2) is 0 Å². The molecule has 0 bridgehead atoms. The highest BCUT2D eigenvalue weighted by atomic mass is 19.1. The minimum absolute atomic E-state index is 0.120. The smallest absolute Gasteiger partial charge is 0.307 e.